The minimum Gasteiger partial charge on any atom is -0.246 e. The fourth-order valence-electron chi connectivity index (χ4n) is 3.85. The monoisotopic (exact) mass is 484 g/mol. The molecule has 0 saturated heterocycles. The third-order valence-electron chi connectivity index (χ3n) is 5.83. The van der Waals surface area contributed by atoms with Gasteiger partial charge >= 0.3 is 6.18 Å². The smallest absolute Gasteiger partial charge is 0.246 e. The van der Waals surface area contributed by atoms with Crippen LogP contribution in [0.1, 0.15) is 33.6 Å². The lowest BCUT2D eigenvalue weighted by Gasteiger charge is -2.06. The van der Waals surface area contributed by atoms with E-state index in [2.05, 4.69) is 0 Å². The van der Waals surface area contributed by atoms with Crippen molar-refractivity contribution in [3.63, 3.8) is 0 Å². The SMILES string of the molecule is FCc1ccc(/C=C/c2ccc3ccc4ccc(/C=C/c5ccc(C(F)(F)F)cc5)nc4c3n2)cc1. The van der Waals surface area contributed by atoms with E-state index >= 15 is 0 Å². The van der Waals surface area contributed by atoms with Gasteiger partial charge in [0.15, 0.2) is 0 Å². The van der Waals surface area contributed by atoms with Gasteiger partial charge in [0, 0.05) is 10.8 Å². The molecule has 0 aliphatic carbocycles. The number of fused-ring (bicyclic) bond motifs is 3. The average Bonchev–Trinajstić information content (AvgIpc) is 2.90. The summed E-state index contributed by atoms with van der Waals surface area (Å²) in [6.45, 7) is -0.488. The number of halogens is 4. The molecular formula is C30H20F4N2. The van der Waals surface area contributed by atoms with Gasteiger partial charge in [0.25, 0.3) is 0 Å². The van der Waals surface area contributed by atoms with Crippen LogP contribution >= 0.6 is 0 Å². The van der Waals surface area contributed by atoms with Crippen LogP contribution in [0.25, 0.3) is 46.1 Å². The van der Waals surface area contributed by atoms with Crippen LogP contribution in [0.3, 0.4) is 0 Å². The second-order valence-corrected chi connectivity index (χ2v) is 8.34. The molecule has 0 fully saturated rings. The van der Waals surface area contributed by atoms with Crippen molar-refractivity contribution >= 4 is 46.1 Å². The summed E-state index contributed by atoms with van der Waals surface area (Å²) in [6.07, 6.45) is 2.97. The van der Waals surface area contributed by atoms with Crippen LogP contribution < -0.4 is 0 Å². The Morgan fingerprint density at radius 2 is 1.00 bits per heavy atom. The zero-order valence-corrected chi connectivity index (χ0v) is 19.0. The molecule has 6 heteroatoms. The molecule has 0 bridgehead atoms. The zero-order chi connectivity index (χ0) is 25.1. The van der Waals surface area contributed by atoms with Crippen molar-refractivity contribution in [1.82, 2.24) is 9.97 Å². The van der Waals surface area contributed by atoms with Crippen LogP contribution in [0, 0.1) is 0 Å². The van der Waals surface area contributed by atoms with E-state index in [0.29, 0.717) is 16.8 Å². The maximum absolute atomic E-state index is 12.8. The van der Waals surface area contributed by atoms with Gasteiger partial charge in [0.1, 0.15) is 6.67 Å². The fraction of sp³-hybridized carbons (Fsp3) is 0.0667. The van der Waals surface area contributed by atoms with Crippen molar-refractivity contribution in [3.05, 3.63) is 119 Å². The van der Waals surface area contributed by atoms with E-state index in [1.165, 1.54) is 12.1 Å². The molecule has 0 aliphatic rings. The Kier molecular flexibility index (Phi) is 6.34. The van der Waals surface area contributed by atoms with Crippen LogP contribution in [-0.2, 0) is 12.9 Å². The Morgan fingerprint density at radius 1 is 0.556 bits per heavy atom. The van der Waals surface area contributed by atoms with E-state index in [1.807, 2.05) is 60.7 Å². The Morgan fingerprint density at radius 3 is 1.44 bits per heavy atom. The van der Waals surface area contributed by atoms with E-state index in [9.17, 15) is 17.6 Å². The lowest BCUT2D eigenvalue weighted by molar-refractivity contribution is -0.137. The minimum absolute atomic E-state index is 0.488. The molecule has 5 aromatic rings. The van der Waals surface area contributed by atoms with Crippen molar-refractivity contribution < 1.29 is 17.6 Å². The van der Waals surface area contributed by atoms with Crippen LogP contribution in [0.2, 0.25) is 0 Å². The van der Waals surface area contributed by atoms with Crippen LogP contribution in [0.15, 0.2) is 84.9 Å². The van der Waals surface area contributed by atoms with Crippen molar-refractivity contribution in [2.45, 2.75) is 12.9 Å². The summed E-state index contributed by atoms with van der Waals surface area (Å²) in [6, 6.07) is 23.9. The van der Waals surface area contributed by atoms with Gasteiger partial charge in [0.05, 0.1) is 28.0 Å². The van der Waals surface area contributed by atoms with Crippen LogP contribution in [0.4, 0.5) is 17.6 Å². The lowest BCUT2D eigenvalue weighted by atomic mass is 10.1. The van der Waals surface area contributed by atoms with Crippen molar-refractivity contribution in [1.29, 1.82) is 0 Å². The van der Waals surface area contributed by atoms with Crippen molar-refractivity contribution in [3.8, 4) is 0 Å². The van der Waals surface area contributed by atoms with Crippen LogP contribution in [0.5, 0.6) is 0 Å². The summed E-state index contributed by atoms with van der Waals surface area (Å²) in [7, 11) is 0. The first-order valence-electron chi connectivity index (χ1n) is 11.3. The van der Waals surface area contributed by atoms with Gasteiger partial charge in [-0.3, -0.25) is 0 Å². The van der Waals surface area contributed by atoms with Crippen molar-refractivity contribution in [2.75, 3.05) is 0 Å². The van der Waals surface area contributed by atoms with E-state index in [4.69, 9.17) is 9.97 Å². The maximum Gasteiger partial charge on any atom is 0.416 e. The minimum atomic E-state index is -4.36. The largest absolute Gasteiger partial charge is 0.416 e. The molecular weight excluding hydrogens is 464 g/mol. The summed E-state index contributed by atoms with van der Waals surface area (Å²) < 4.78 is 51.1. The molecule has 178 valence electrons. The second kappa shape index (κ2) is 9.74. The lowest BCUT2D eigenvalue weighted by Crippen LogP contribution is -2.03. The highest BCUT2D eigenvalue weighted by atomic mass is 19.4. The van der Waals surface area contributed by atoms with Gasteiger partial charge in [-0.1, -0.05) is 72.8 Å². The van der Waals surface area contributed by atoms with E-state index in [0.717, 1.165) is 45.2 Å². The molecule has 0 saturated carbocycles. The molecule has 36 heavy (non-hydrogen) atoms. The number of aromatic nitrogens is 2. The molecule has 0 unspecified atom stereocenters. The second-order valence-electron chi connectivity index (χ2n) is 8.34. The van der Waals surface area contributed by atoms with E-state index < -0.39 is 18.4 Å². The summed E-state index contributed by atoms with van der Waals surface area (Å²) in [5.41, 5.74) is 4.48. The normalized spacial score (nSPS) is 12.3. The molecule has 0 atom stereocenters. The molecule has 2 nitrogen and oxygen atoms in total. The molecule has 0 radical (unpaired) electrons. The predicted octanol–water partition coefficient (Wildman–Crippen LogP) is 8.61. The van der Waals surface area contributed by atoms with Gasteiger partial charge in [-0.25, -0.2) is 14.4 Å². The van der Waals surface area contributed by atoms with E-state index in [1.54, 1.807) is 24.3 Å². The molecule has 0 spiro atoms. The number of pyridine rings is 2. The Labute approximate surface area is 205 Å². The summed E-state index contributed by atoms with van der Waals surface area (Å²) >= 11 is 0. The van der Waals surface area contributed by atoms with Gasteiger partial charge in [-0.15, -0.1) is 0 Å². The third-order valence-corrected chi connectivity index (χ3v) is 5.83. The highest BCUT2D eigenvalue weighted by Crippen LogP contribution is 2.29. The quantitative estimate of drug-likeness (QED) is 0.184. The first-order chi connectivity index (χ1) is 17.4. The van der Waals surface area contributed by atoms with Gasteiger partial charge in [-0.05, 0) is 53.1 Å². The number of nitrogens with zero attached hydrogens (tertiary/aromatic N) is 2. The van der Waals surface area contributed by atoms with Crippen LogP contribution in [-0.4, -0.2) is 9.97 Å². The number of hydrogen-bond acceptors (Lipinski definition) is 2. The zero-order valence-electron chi connectivity index (χ0n) is 19.0. The number of alkyl halides is 4. The van der Waals surface area contributed by atoms with Crippen molar-refractivity contribution in [2.24, 2.45) is 0 Å². The molecule has 2 aromatic heterocycles. The van der Waals surface area contributed by atoms with Gasteiger partial charge < -0.3 is 0 Å². The highest BCUT2D eigenvalue weighted by molar-refractivity contribution is 6.03. The first kappa shape index (κ1) is 23.4. The number of hydrogen-bond donors (Lipinski definition) is 0. The molecule has 5 rings (SSSR count). The molecule has 0 N–H and O–H groups in total. The Hall–Kier alpha value is -4.32. The number of rotatable bonds is 5. The van der Waals surface area contributed by atoms with Gasteiger partial charge in [-0.2, -0.15) is 13.2 Å². The summed E-state index contributed by atoms with van der Waals surface area (Å²) in [5.74, 6) is 0. The van der Waals surface area contributed by atoms with Gasteiger partial charge in [0.2, 0.25) is 0 Å². The molecule has 0 aliphatic heterocycles. The number of benzene rings is 3. The highest BCUT2D eigenvalue weighted by Gasteiger charge is 2.29. The average molecular weight is 484 g/mol. The molecule has 0 amide bonds. The van der Waals surface area contributed by atoms with E-state index in [-0.39, 0.29) is 0 Å². The summed E-state index contributed by atoms with van der Waals surface area (Å²) in [4.78, 5) is 9.57. The maximum atomic E-state index is 12.8. The molecule has 3 aromatic carbocycles. The predicted molar refractivity (Wildman–Crippen MR) is 138 cm³/mol. The Bertz CT molecular complexity index is 1580. The third kappa shape index (κ3) is 5.18. The first-order valence-corrected chi connectivity index (χ1v) is 11.3. The Balaban J connectivity index is 1.45. The molecule has 2 heterocycles. The standard InChI is InChI=1S/C30H20F4N2/c31-19-22-3-1-20(2-4-22)7-15-26-17-11-23-9-10-24-12-18-27(36-29(24)28(23)35-26)16-8-21-5-13-25(14-6-21)30(32,33)34/h1-18H,19H2/b15-7+,16-8+. The topological polar surface area (TPSA) is 25.8 Å². The summed E-state index contributed by atoms with van der Waals surface area (Å²) in [5, 5.41) is 1.88. The fourth-order valence-corrected chi connectivity index (χ4v) is 3.85.